The molecule has 1 heterocycles. The number of hydrogen-bond acceptors (Lipinski definition) is 2. The predicted octanol–water partition coefficient (Wildman–Crippen LogP) is 2.85. The van der Waals surface area contributed by atoms with Crippen molar-refractivity contribution in [1.29, 1.82) is 0 Å². The Morgan fingerprint density at radius 2 is 2.00 bits per heavy atom. The van der Waals surface area contributed by atoms with Crippen LogP contribution in [0.2, 0.25) is 0 Å². The van der Waals surface area contributed by atoms with E-state index in [1.165, 1.54) is 44.5 Å². The molecular formula is C16H26N2. The molecule has 0 N–H and O–H groups in total. The van der Waals surface area contributed by atoms with E-state index in [-0.39, 0.29) is 0 Å². The third-order valence-electron chi connectivity index (χ3n) is 3.84. The van der Waals surface area contributed by atoms with Crippen molar-refractivity contribution in [3.63, 3.8) is 0 Å². The van der Waals surface area contributed by atoms with Gasteiger partial charge in [0.15, 0.2) is 0 Å². The standard InChI is InChI=1S/C16H26N2/c1-17(2)12-10-16-9-6-11-18(14-16)13-15-7-4-3-5-8-15/h3-5,7-8,16H,6,9-14H2,1-2H3. The molecular weight excluding hydrogens is 220 g/mol. The normalized spacial score (nSPS) is 21.4. The molecule has 18 heavy (non-hydrogen) atoms. The minimum absolute atomic E-state index is 0.893. The van der Waals surface area contributed by atoms with Crippen LogP contribution in [0, 0.1) is 5.92 Å². The van der Waals surface area contributed by atoms with Gasteiger partial charge in [-0.3, -0.25) is 4.90 Å². The van der Waals surface area contributed by atoms with Crippen molar-refractivity contribution in [1.82, 2.24) is 9.80 Å². The summed E-state index contributed by atoms with van der Waals surface area (Å²) in [5, 5.41) is 0. The zero-order valence-corrected chi connectivity index (χ0v) is 11.8. The molecule has 0 radical (unpaired) electrons. The van der Waals surface area contributed by atoms with Crippen molar-refractivity contribution in [3.05, 3.63) is 35.9 Å². The third kappa shape index (κ3) is 4.43. The summed E-state index contributed by atoms with van der Waals surface area (Å²) in [5.41, 5.74) is 1.45. The van der Waals surface area contributed by atoms with E-state index in [4.69, 9.17) is 0 Å². The number of piperidine rings is 1. The first-order chi connectivity index (χ1) is 8.74. The van der Waals surface area contributed by atoms with Crippen LogP contribution >= 0.6 is 0 Å². The van der Waals surface area contributed by atoms with Gasteiger partial charge >= 0.3 is 0 Å². The molecule has 1 aliphatic heterocycles. The van der Waals surface area contributed by atoms with Crippen molar-refractivity contribution < 1.29 is 0 Å². The fourth-order valence-corrected chi connectivity index (χ4v) is 2.81. The molecule has 1 aliphatic rings. The summed E-state index contributed by atoms with van der Waals surface area (Å²) in [6.07, 6.45) is 4.13. The van der Waals surface area contributed by atoms with Gasteiger partial charge in [-0.1, -0.05) is 30.3 Å². The molecule has 0 aromatic heterocycles. The molecule has 2 heteroatoms. The van der Waals surface area contributed by atoms with Crippen molar-refractivity contribution in [2.75, 3.05) is 33.7 Å². The van der Waals surface area contributed by atoms with Crippen molar-refractivity contribution in [2.24, 2.45) is 5.92 Å². The summed E-state index contributed by atoms with van der Waals surface area (Å²) in [4.78, 5) is 4.93. The van der Waals surface area contributed by atoms with Gasteiger partial charge in [0.25, 0.3) is 0 Å². The first-order valence-corrected chi connectivity index (χ1v) is 7.15. The van der Waals surface area contributed by atoms with Gasteiger partial charge in [0.2, 0.25) is 0 Å². The third-order valence-corrected chi connectivity index (χ3v) is 3.84. The predicted molar refractivity (Wildman–Crippen MR) is 77.6 cm³/mol. The van der Waals surface area contributed by atoms with Gasteiger partial charge in [0.05, 0.1) is 0 Å². The average molecular weight is 246 g/mol. The summed E-state index contributed by atoms with van der Waals surface area (Å²) in [6.45, 7) is 4.90. The van der Waals surface area contributed by atoms with Crippen LogP contribution < -0.4 is 0 Å². The highest BCUT2D eigenvalue weighted by Crippen LogP contribution is 2.21. The van der Waals surface area contributed by atoms with Crippen LogP contribution in [-0.4, -0.2) is 43.5 Å². The first-order valence-electron chi connectivity index (χ1n) is 7.15. The van der Waals surface area contributed by atoms with Crippen LogP contribution in [0.3, 0.4) is 0 Å². The lowest BCUT2D eigenvalue weighted by atomic mass is 9.94. The number of nitrogens with zero attached hydrogens (tertiary/aromatic N) is 2. The van der Waals surface area contributed by atoms with E-state index < -0.39 is 0 Å². The zero-order valence-electron chi connectivity index (χ0n) is 11.8. The molecule has 1 fully saturated rings. The lowest BCUT2D eigenvalue weighted by Gasteiger charge is -2.33. The lowest BCUT2D eigenvalue weighted by Crippen LogP contribution is -2.36. The highest BCUT2D eigenvalue weighted by molar-refractivity contribution is 5.14. The van der Waals surface area contributed by atoms with Crippen LogP contribution in [-0.2, 0) is 6.54 Å². The first kappa shape index (κ1) is 13.6. The summed E-state index contributed by atoms with van der Waals surface area (Å²) in [7, 11) is 4.34. The molecule has 0 saturated carbocycles. The molecule has 0 spiro atoms. The Kier molecular flexibility index (Phi) is 5.21. The quantitative estimate of drug-likeness (QED) is 0.788. The maximum atomic E-state index is 2.62. The van der Waals surface area contributed by atoms with Crippen molar-refractivity contribution in [3.8, 4) is 0 Å². The number of hydrogen-bond donors (Lipinski definition) is 0. The van der Waals surface area contributed by atoms with E-state index in [9.17, 15) is 0 Å². The molecule has 1 aromatic carbocycles. The highest BCUT2D eigenvalue weighted by Gasteiger charge is 2.19. The Morgan fingerprint density at radius 3 is 2.72 bits per heavy atom. The number of benzene rings is 1. The Labute approximate surface area is 112 Å². The fourth-order valence-electron chi connectivity index (χ4n) is 2.81. The van der Waals surface area contributed by atoms with Gasteiger partial charge < -0.3 is 4.90 Å². The van der Waals surface area contributed by atoms with E-state index in [1.807, 2.05) is 0 Å². The van der Waals surface area contributed by atoms with Gasteiger partial charge in [-0.15, -0.1) is 0 Å². The maximum Gasteiger partial charge on any atom is 0.0233 e. The Morgan fingerprint density at radius 1 is 1.22 bits per heavy atom. The van der Waals surface area contributed by atoms with E-state index in [0.29, 0.717) is 0 Å². The second-order valence-corrected chi connectivity index (χ2v) is 5.82. The molecule has 1 saturated heterocycles. The molecule has 2 rings (SSSR count). The average Bonchev–Trinajstić information content (AvgIpc) is 2.38. The van der Waals surface area contributed by atoms with Gasteiger partial charge in [-0.2, -0.15) is 0 Å². The topological polar surface area (TPSA) is 6.48 Å². The van der Waals surface area contributed by atoms with Crippen molar-refractivity contribution in [2.45, 2.75) is 25.8 Å². The molecule has 0 aliphatic carbocycles. The van der Waals surface area contributed by atoms with Gasteiger partial charge in [0, 0.05) is 13.1 Å². The fraction of sp³-hybridized carbons (Fsp3) is 0.625. The van der Waals surface area contributed by atoms with E-state index in [2.05, 4.69) is 54.2 Å². The Balaban J connectivity index is 1.79. The van der Waals surface area contributed by atoms with E-state index >= 15 is 0 Å². The van der Waals surface area contributed by atoms with Crippen LogP contribution in [0.15, 0.2) is 30.3 Å². The van der Waals surface area contributed by atoms with Crippen LogP contribution in [0.5, 0.6) is 0 Å². The van der Waals surface area contributed by atoms with Gasteiger partial charge in [0.1, 0.15) is 0 Å². The lowest BCUT2D eigenvalue weighted by molar-refractivity contribution is 0.155. The monoisotopic (exact) mass is 246 g/mol. The summed E-state index contributed by atoms with van der Waals surface area (Å²) in [6, 6.07) is 10.9. The number of rotatable bonds is 5. The summed E-state index contributed by atoms with van der Waals surface area (Å²) < 4.78 is 0. The SMILES string of the molecule is CN(C)CCC1CCCN(Cc2ccccc2)C1. The molecule has 0 bridgehead atoms. The molecule has 2 nitrogen and oxygen atoms in total. The molecule has 100 valence electrons. The Bertz CT molecular complexity index is 334. The smallest absolute Gasteiger partial charge is 0.0233 e. The van der Waals surface area contributed by atoms with Gasteiger partial charge in [-0.25, -0.2) is 0 Å². The Hall–Kier alpha value is -0.860. The summed E-state index contributed by atoms with van der Waals surface area (Å²) in [5.74, 6) is 0.893. The number of likely N-dealkylation sites (tertiary alicyclic amines) is 1. The summed E-state index contributed by atoms with van der Waals surface area (Å²) >= 11 is 0. The zero-order chi connectivity index (χ0) is 12.8. The van der Waals surface area contributed by atoms with E-state index in [0.717, 1.165) is 12.5 Å². The van der Waals surface area contributed by atoms with Crippen LogP contribution in [0.1, 0.15) is 24.8 Å². The molecule has 1 aromatic rings. The van der Waals surface area contributed by atoms with Crippen LogP contribution in [0.4, 0.5) is 0 Å². The van der Waals surface area contributed by atoms with Crippen molar-refractivity contribution >= 4 is 0 Å². The minimum atomic E-state index is 0.893. The minimum Gasteiger partial charge on any atom is -0.309 e. The molecule has 0 amide bonds. The highest BCUT2D eigenvalue weighted by atomic mass is 15.1. The molecule has 1 unspecified atom stereocenters. The second-order valence-electron chi connectivity index (χ2n) is 5.82. The van der Waals surface area contributed by atoms with Crippen LogP contribution in [0.25, 0.3) is 0 Å². The molecule has 1 atom stereocenters. The maximum absolute atomic E-state index is 2.62. The largest absolute Gasteiger partial charge is 0.309 e. The van der Waals surface area contributed by atoms with Gasteiger partial charge in [-0.05, 0) is 57.9 Å². The second kappa shape index (κ2) is 6.91. The van der Waals surface area contributed by atoms with E-state index in [1.54, 1.807) is 0 Å².